The van der Waals surface area contributed by atoms with Gasteiger partial charge in [0.15, 0.2) is 15.8 Å². The van der Waals surface area contributed by atoms with E-state index in [1.807, 2.05) is 30.3 Å². The van der Waals surface area contributed by atoms with Crippen LogP contribution in [0, 0.1) is 5.41 Å². The maximum atomic E-state index is 12.3. The van der Waals surface area contributed by atoms with Crippen molar-refractivity contribution in [3.63, 3.8) is 0 Å². The van der Waals surface area contributed by atoms with Crippen LogP contribution in [0.5, 0.6) is 0 Å². The predicted octanol–water partition coefficient (Wildman–Crippen LogP) is 4.09. The Morgan fingerprint density at radius 2 is 2.00 bits per heavy atom. The normalized spacial score (nSPS) is 20.5. The van der Waals surface area contributed by atoms with Crippen molar-refractivity contribution in [2.24, 2.45) is 10.4 Å². The zero-order chi connectivity index (χ0) is 19.8. The summed E-state index contributed by atoms with van der Waals surface area (Å²) in [5.74, 6) is 1.21. The molecule has 1 fully saturated rings. The Bertz CT molecular complexity index is 706. The van der Waals surface area contributed by atoms with E-state index in [0.717, 1.165) is 24.6 Å². The number of aliphatic imine (C=N–C) groups is 1. The first-order valence-electron chi connectivity index (χ1n) is 10.1. The van der Waals surface area contributed by atoms with Gasteiger partial charge in [0.05, 0.1) is 11.5 Å². The number of likely N-dealkylation sites (tertiary alicyclic amines) is 1. The number of halogens is 1. The third kappa shape index (κ3) is 8.27. The lowest BCUT2D eigenvalue weighted by Crippen LogP contribution is -2.50. The highest BCUT2D eigenvalue weighted by Gasteiger charge is 2.31. The van der Waals surface area contributed by atoms with Crippen LogP contribution in [0.1, 0.15) is 51.5 Å². The largest absolute Gasteiger partial charge is 0.356 e. The van der Waals surface area contributed by atoms with E-state index in [1.165, 1.54) is 25.7 Å². The van der Waals surface area contributed by atoms with Crippen molar-refractivity contribution < 1.29 is 8.42 Å². The van der Waals surface area contributed by atoms with Gasteiger partial charge >= 0.3 is 0 Å². The molecule has 1 aromatic rings. The van der Waals surface area contributed by atoms with Crippen LogP contribution < -0.4 is 5.32 Å². The van der Waals surface area contributed by atoms with Gasteiger partial charge < -0.3 is 10.2 Å². The summed E-state index contributed by atoms with van der Waals surface area (Å²) in [6, 6.07) is 9.38. The highest BCUT2D eigenvalue weighted by molar-refractivity contribution is 14.0. The highest BCUT2D eigenvalue weighted by Crippen LogP contribution is 2.33. The molecular weight excluding hydrogens is 485 g/mol. The van der Waals surface area contributed by atoms with Crippen molar-refractivity contribution in [1.82, 2.24) is 10.2 Å². The molecule has 0 spiro atoms. The second kappa shape index (κ2) is 12.0. The number of hydrogen-bond acceptors (Lipinski definition) is 3. The molecule has 160 valence electrons. The lowest BCUT2D eigenvalue weighted by Gasteiger charge is -2.42. The number of sulfone groups is 1. The summed E-state index contributed by atoms with van der Waals surface area (Å²) >= 11 is 0. The zero-order valence-electron chi connectivity index (χ0n) is 17.5. The summed E-state index contributed by atoms with van der Waals surface area (Å²) in [5.41, 5.74) is 1.20. The molecule has 7 heteroatoms. The zero-order valence-corrected chi connectivity index (χ0v) is 20.6. The third-order valence-electron chi connectivity index (χ3n) is 5.29. The van der Waals surface area contributed by atoms with Crippen LogP contribution in [0.4, 0.5) is 0 Å². The van der Waals surface area contributed by atoms with Gasteiger partial charge in [0.25, 0.3) is 0 Å². The Kier molecular flexibility index (Phi) is 10.8. The first kappa shape index (κ1) is 25.2. The van der Waals surface area contributed by atoms with Crippen LogP contribution in [-0.2, 0) is 15.6 Å². The Labute approximate surface area is 188 Å². The molecule has 1 heterocycles. The van der Waals surface area contributed by atoms with E-state index in [0.29, 0.717) is 18.4 Å². The number of benzene rings is 1. The van der Waals surface area contributed by atoms with E-state index in [2.05, 4.69) is 29.1 Å². The fourth-order valence-electron chi connectivity index (χ4n) is 4.03. The molecule has 5 nitrogen and oxygen atoms in total. The molecule has 0 aliphatic carbocycles. The summed E-state index contributed by atoms with van der Waals surface area (Å²) in [4.78, 5) is 6.75. The quantitative estimate of drug-likeness (QED) is 0.242. The first-order chi connectivity index (χ1) is 12.9. The monoisotopic (exact) mass is 521 g/mol. The van der Waals surface area contributed by atoms with E-state index in [1.54, 1.807) is 7.05 Å². The van der Waals surface area contributed by atoms with E-state index in [9.17, 15) is 8.42 Å². The van der Waals surface area contributed by atoms with Crippen LogP contribution in [0.3, 0.4) is 0 Å². The highest BCUT2D eigenvalue weighted by atomic mass is 127. The van der Waals surface area contributed by atoms with E-state index >= 15 is 0 Å². The molecule has 0 aromatic heterocycles. The van der Waals surface area contributed by atoms with Gasteiger partial charge in [-0.15, -0.1) is 24.0 Å². The lowest BCUT2D eigenvalue weighted by atomic mass is 9.78. The number of nitrogens with one attached hydrogen (secondary N) is 1. The molecule has 1 N–H and O–H groups in total. The predicted molar refractivity (Wildman–Crippen MR) is 129 cm³/mol. The SMILES string of the molecule is CCCC1(C)CCCN(C(=NC)NCCCS(=O)(=O)Cc2ccccc2)C1.I. The second-order valence-electron chi connectivity index (χ2n) is 7.99. The average molecular weight is 522 g/mol. The maximum absolute atomic E-state index is 12.3. The number of piperidine rings is 1. The van der Waals surface area contributed by atoms with Gasteiger partial charge in [-0.3, -0.25) is 4.99 Å². The first-order valence-corrected chi connectivity index (χ1v) is 11.9. The molecule has 0 amide bonds. The lowest BCUT2D eigenvalue weighted by molar-refractivity contribution is 0.142. The smallest absolute Gasteiger partial charge is 0.193 e. The topological polar surface area (TPSA) is 61.8 Å². The van der Waals surface area contributed by atoms with E-state index in [4.69, 9.17) is 0 Å². The van der Waals surface area contributed by atoms with Crippen LogP contribution in [0.2, 0.25) is 0 Å². The summed E-state index contributed by atoms with van der Waals surface area (Å²) in [5, 5.41) is 3.37. The van der Waals surface area contributed by atoms with E-state index < -0.39 is 9.84 Å². The minimum absolute atomic E-state index is 0. The molecule has 28 heavy (non-hydrogen) atoms. The number of guanidine groups is 1. The molecule has 2 rings (SSSR count). The van der Waals surface area contributed by atoms with Crippen molar-refractivity contribution in [2.75, 3.05) is 32.4 Å². The number of nitrogens with zero attached hydrogens (tertiary/aromatic N) is 2. The van der Waals surface area contributed by atoms with Crippen molar-refractivity contribution in [3.05, 3.63) is 35.9 Å². The van der Waals surface area contributed by atoms with Crippen LogP contribution in [0.25, 0.3) is 0 Å². The van der Waals surface area contributed by atoms with Crippen molar-refractivity contribution in [3.8, 4) is 0 Å². The Hall–Kier alpha value is -0.830. The molecule has 1 unspecified atom stereocenters. The Balaban J connectivity index is 0.00000392. The molecule has 0 radical (unpaired) electrons. The molecular formula is C21H36IN3O2S. The Morgan fingerprint density at radius 3 is 2.64 bits per heavy atom. The van der Waals surface area contributed by atoms with Crippen molar-refractivity contribution in [2.45, 2.75) is 51.7 Å². The summed E-state index contributed by atoms with van der Waals surface area (Å²) in [6.07, 6.45) is 5.48. The molecule has 1 saturated heterocycles. The molecule has 1 aliphatic rings. The van der Waals surface area contributed by atoms with Gasteiger partial charge in [-0.1, -0.05) is 50.6 Å². The number of hydrogen-bond donors (Lipinski definition) is 1. The number of rotatable bonds is 8. The standard InChI is InChI=1S/C21H35N3O2S.HI/c1-4-12-21(2)13-8-15-24(18-21)20(22-3)23-14-9-16-27(25,26)17-19-10-6-5-7-11-19;/h5-7,10-11H,4,8-9,12-18H2,1-3H3,(H,22,23);1H. The fraction of sp³-hybridized carbons (Fsp3) is 0.667. The van der Waals surface area contributed by atoms with Crippen molar-refractivity contribution in [1.29, 1.82) is 0 Å². The minimum Gasteiger partial charge on any atom is -0.356 e. The van der Waals surface area contributed by atoms with Crippen molar-refractivity contribution >= 4 is 39.8 Å². The van der Waals surface area contributed by atoms with Gasteiger partial charge in [-0.05, 0) is 36.7 Å². The van der Waals surface area contributed by atoms with Gasteiger partial charge in [0.2, 0.25) is 0 Å². The molecule has 1 atom stereocenters. The summed E-state index contributed by atoms with van der Waals surface area (Å²) in [6.45, 7) is 7.28. The van der Waals surface area contributed by atoms with Gasteiger partial charge in [0, 0.05) is 26.7 Å². The maximum Gasteiger partial charge on any atom is 0.193 e. The van der Waals surface area contributed by atoms with Gasteiger partial charge in [-0.25, -0.2) is 8.42 Å². The average Bonchev–Trinajstić information content (AvgIpc) is 2.62. The molecule has 1 aromatic carbocycles. The van der Waals surface area contributed by atoms with Gasteiger partial charge in [0.1, 0.15) is 0 Å². The van der Waals surface area contributed by atoms with Crippen LogP contribution in [0.15, 0.2) is 35.3 Å². The van der Waals surface area contributed by atoms with Gasteiger partial charge in [-0.2, -0.15) is 0 Å². The molecule has 0 bridgehead atoms. The molecule has 0 saturated carbocycles. The second-order valence-corrected chi connectivity index (χ2v) is 10.2. The van der Waals surface area contributed by atoms with Crippen LogP contribution in [-0.4, -0.2) is 51.7 Å². The fourth-order valence-corrected chi connectivity index (χ4v) is 5.46. The molecule has 1 aliphatic heterocycles. The Morgan fingerprint density at radius 1 is 1.29 bits per heavy atom. The summed E-state index contributed by atoms with van der Waals surface area (Å²) < 4.78 is 24.6. The van der Waals surface area contributed by atoms with Crippen LogP contribution >= 0.6 is 24.0 Å². The summed E-state index contributed by atoms with van der Waals surface area (Å²) in [7, 11) is -1.28. The van der Waals surface area contributed by atoms with E-state index in [-0.39, 0.29) is 35.5 Å². The minimum atomic E-state index is -3.08. The third-order valence-corrected chi connectivity index (χ3v) is 6.97.